The highest BCUT2D eigenvalue weighted by Gasteiger charge is 2.27. The van der Waals surface area contributed by atoms with Crippen LogP contribution in [0.2, 0.25) is 0 Å². The van der Waals surface area contributed by atoms with E-state index in [0.717, 1.165) is 17.4 Å². The standard InChI is InChI=1S/C14H19BrN2O.ClH/c1-9(2)13(16)14(18)17-7-6-10-4-3-5-12(15)11(10)8-17;/h3-5,9,13H,6-8,16H2,1-2H3;1H/t13-;/m0./s1. The zero-order valence-corrected chi connectivity index (χ0v) is 13.6. The number of fused-ring (bicyclic) bond motifs is 1. The molecule has 2 N–H and O–H groups in total. The first kappa shape index (κ1) is 16.5. The summed E-state index contributed by atoms with van der Waals surface area (Å²) in [6, 6.07) is 5.80. The summed E-state index contributed by atoms with van der Waals surface area (Å²) in [5.41, 5.74) is 8.49. The fourth-order valence-electron chi connectivity index (χ4n) is 2.22. The molecule has 0 fully saturated rings. The molecule has 0 saturated heterocycles. The van der Waals surface area contributed by atoms with E-state index >= 15 is 0 Å². The van der Waals surface area contributed by atoms with E-state index in [2.05, 4.69) is 22.0 Å². The van der Waals surface area contributed by atoms with E-state index in [0.29, 0.717) is 6.54 Å². The third-order valence-electron chi connectivity index (χ3n) is 3.53. The van der Waals surface area contributed by atoms with Crippen LogP contribution in [0.25, 0.3) is 0 Å². The summed E-state index contributed by atoms with van der Waals surface area (Å²) < 4.78 is 1.08. The molecule has 19 heavy (non-hydrogen) atoms. The minimum absolute atomic E-state index is 0. The van der Waals surface area contributed by atoms with Gasteiger partial charge in [0.25, 0.3) is 0 Å². The number of nitrogens with two attached hydrogens (primary N) is 1. The lowest BCUT2D eigenvalue weighted by Gasteiger charge is -2.32. The molecule has 5 heteroatoms. The van der Waals surface area contributed by atoms with Crippen LogP contribution in [0.3, 0.4) is 0 Å². The lowest BCUT2D eigenvalue weighted by Crippen LogP contribution is -2.48. The Morgan fingerprint density at radius 3 is 2.74 bits per heavy atom. The van der Waals surface area contributed by atoms with E-state index in [9.17, 15) is 4.79 Å². The van der Waals surface area contributed by atoms with Crippen molar-refractivity contribution >= 4 is 34.2 Å². The number of nitrogens with zero attached hydrogens (tertiary/aromatic N) is 1. The molecule has 3 nitrogen and oxygen atoms in total. The summed E-state index contributed by atoms with van der Waals surface area (Å²) in [5, 5.41) is 0. The second-order valence-electron chi connectivity index (χ2n) is 5.16. The zero-order chi connectivity index (χ0) is 13.3. The number of carbonyl (C=O) groups excluding carboxylic acids is 1. The first-order chi connectivity index (χ1) is 8.50. The van der Waals surface area contributed by atoms with Crippen LogP contribution in [0.15, 0.2) is 22.7 Å². The van der Waals surface area contributed by atoms with Crippen LogP contribution in [-0.4, -0.2) is 23.4 Å². The van der Waals surface area contributed by atoms with Gasteiger partial charge in [-0.25, -0.2) is 0 Å². The number of hydrogen-bond acceptors (Lipinski definition) is 2. The maximum atomic E-state index is 12.2. The molecule has 0 unspecified atom stereocenters. The van der Waals surface area contributed by atoms with Gasteiger partial charge in [-0.1, -0.05) is 41.9 Å². The molecule has 1 heterocycles. The molecule has 1 aromatic rings. The molecule has 0 saturated carbocycles. The van der Waals surface area contributed by atoms with E-state index in [1.54, 1.807) is 0 Å². The Kier molecular flexibility index (Phi) is 5.83. The molecule has 1 aliphatic heterocycles. The molecule has 2 rings (SSSR count). The van der Waals surface area contributed by atoms with Crippen LogP contribution in [-0.2, 0) is 17.8 Å². The Balaban J connectivity index is 0.00000180. The van der Waals surface area contributed by atoms with Gasteiger partial charge in [0.15, 0.2) is 0 Å². The van der Waals surface area contributed by atoms with E-state index < -0.39 is 6.04 Å². The Labute approximate surface area is 129 Å². The SMILES string of the molecule is CC(C)[C@H](N)C(=O)N1CCc2cccc(Br)c2C1.Cl. The molecule has 0 aromatic heterocycles. The largest absolute Gasteiger partial charge is 0.337 e. The van der Waals surface area contributed by atoms with Gasteiger partial charge in [-0.15, -0.1) is 12.4 Å². The van der Waals surface area contributed by atoms with E-state index in [-0.39, 0.29) is 24.2 Å². The van der Waals surface area contributed by atoms with E-state index in [1.807, 2.05) is 30.9 Å². The Morgan fingerprint density at radius 1 is 1.42 bits per heavy atom. The fraction of sp³-hybridized carbons (Fsp3) is 0.500. The Morgan fingerprint density at radius 2 is 2.11 bits per heavy atom. The first-order valence-electron chi connectivity index (χ1n) is 6.31. The van der Waals surface area contributed by atoms with Gasteiger partial charge in [0, 0.05) is 17.6 Å². The molecule has 0 bridgehead atoms. The Hall–Kier alpha value is -0.580. The second-order valence-corrected chi connectivity index (χ2v) is 6.01. The molecule has 0 radical (unpaired) electrons. The number of hydrogen-bond donors (Lipinski definition) is 1. The molecule has 0 aliphatic carbocycles. The molecular formula is C14H20BrClN2O. The molecule has 106 valence electrons. The monoisotopic (exact) mass is 346 g/mol. The summed E-state index contributed by atoms with van der Waals surface area (Å²) >= 11 is 3.56. The number of amides is 1. The van der Waals surface area contributed by atoms with Gasteiger partial charge in [0.05, 0.1) is 6.04 Å². The van der Waals surface area contributed by atoms with Crippen molar-refractivity contribution in [2.45, 2.75) is 32.9 Å². The minimum Gasteiger partial charge on any atom is -0.337 e. The third kappa shape index (κ3) is 3.50. The van der Waals surface area contributed by atoms with Crippen molar-refractivity contribution in [3.63, 3.8) is 0 Å². The van der Waals surface area contributed by atoms with Crippen molar-refractivity contribution in [1.82, 2.24) is 4.90 Å². The van der Waals surface area contributed by atoms with Crippen LogP contribution < -0.4 is 5.73 Å². The van der Waals surface area contributed by atoms with Gasteiger partial charge in [0.2, 0.25) is 5.91 Å². The van der Waals surface area contributed by atoms with Crippen LogP contribution >= 0.6 is 28.3 Å². The van der Waals surface area contributed by atoms with E-state index in [4.69, 9.17) is 5.73 Å². The number of halogens is 2. The fourth-order valence-corrected chi connectivity index (χ4v) is 2.76. The van der Waals surface area contributed by atoms with Crippen molar-refractivity contribution in [3.8, 4) is 0 Å². The normalized spacial score (nSPS) is 15.7. The van der Waals surface area contributed by atoms with Gasteiger partial charge in [0.1, 0.15) is 0 Å². The highest BCUT2D eigenvalue weighted by molar-refractivity contribution is 9.10. The molecule has 1 amide bonds. The van der Waals surface area contributed by atoms with E-state index in [1.165, 1.54) is 11.1 Å². The van der Waals surface area contributed by atoms with Crippen LogP contribution in [0, 0.1) is 5.92 Å². The first-order valence-corrected chi connectivity index (χ1v) is 7.10. The van der Waals surface area contributed by atoms with Crippen molar-refractivity contribution < 1.29 is 4.79 Å². The van der Waals surface area contributed by atoms with Crippen LogP contribution in [0.5, 0.6) is 0 Å². The summed E-state index contributed by atoms with van der Waals surface area (Å²) in [7, 11) is 0. The van der Waals surface area contributed by atoms with Crippen molar-refractivity contribution in [1.29, 1.82) is 0 Å². The minimum atomic E-state index is -0.394. The average Bonchev–Trinajstić information content (AvgIpc) is 2.37. The molecule has 1 aliphatic rings. The van der Waals surface area contributed by atoms with Gasteiger partial charge < -0.3 is 10.6 Å². The van der Waals surface area contributed by atoms with Gasteiger partial charge in [-0.2, -0.15) is 0 Å². The highest BCUT2D eigenvalue weighted by atomic mass is 79.9. The quantitative estimate of drug-likeness (QED) is 0.894. The predicted octanol–water partition coefficient (Wildman–Crippen LogP) is 2.74. The summed E-state index contributed by atoms with van der Waals surface area (Å²) in [4.78, 5) is 14.1. The number of rotatable bonds is 2. The number of benzene rings is 1. The highest BCUT2D eigenvalue weighted by Crippen LogP contribution is 2.26. The van der Waals surface area contributed by atoms with Gasteiger partial charge >= 0.3 is 0 Å². The second kappa shape index (κ2) is 6.73. The molecule has 0 spiro atoms. The van der Waals surface area contributed by atoms with Gasteiger partial charge in [-0.05, 0) is 29.5 Å². The van der Waals surface area contributed by atoms with Crippen LogP contribution in [0.1, 0.15) is 25.0 Å². The lowest BCUT2D eigenvalue weighted by atomic mass is 9.97. The maximum Gasteiger partial charge on any atom is 0.240 e. The summed E-state index contributed by atoms with van der Waals surface area (Å²) in [6.07, 6.45) is 0.908. The summed E-state index contributed by atoms with van der Waals surface area (Å²) in [5.74, 6) is 0.240. The van der Waals surface area contributed by atoms with Crippen molar-refractivity contribution in [3.05, 3.63) is 33.8 Å². The predicted molar refractivity (Wildman–Crippen MR) is 83.3 cm³/mol. The maximum absolute atomic E-state index is 12.2. The van der Waals surface area contributed by atoms with Crippen molar-refractivity contribution in [2.24, 2.45) is 11.7 Å². The zero-order valence-electron chi connectivity index (χ0n) is 11.2. The van der Waals surface area contributed by atoms with Crippen LogP contribution in [0.4, 0.5) is 0 Å². The third-order valence-corrected chi connectivity index (χ3v) is 4.27. The summed E-state index contributed by atoms with van der Waals surface area (Å²) in [6.45, 7) is 5.39. The Bertz CT molecular complexity index is 465. The average molecular weight is 348 g/mol. The lowest BCUT2D eigenvalue weighted by molar-refractivity contribution is -0.134. The molecule has 1 atom stereocenters. The van der Waals surface area contributed by atoms with Gasteiger partial charge in [-0.3, -0.25) is 4.79 Å². The molecular weight excluding hydrogens is 328 g/mol. The number of carbonyl (C=O) groups is 1. The smallest absolute Gasteiger partial charge is 0.240 e. The van der Waals surface area contributed by atoms with Crippen molar-refractivity contribution in [2.75, 3.05) is 6.54 Å². The molecule has 1 aromatic carbocycles. The topological polar surface area (TPSA) is 46.3 Å².